The predicted octanol–water partition coefficient (Wildman–Crippen LogP) is 2.75. The standard InChI is InChI=1S/C14H23NO3/c1-14(2,3)18-13(17)15-11(9-16)8-10-6-4-5-7-12(10)15/h9-12H,4-8H2,1-3H3. The topological polar surface area (TPSA) is 46.6 Å². The normalized spacial score (nSPS) is 31.9. The van der Waals surface area contributed by atoms with Gasteiger partial charge in [-0.25, -0.2) is 4.79 Å². The molecule has 18 heavy (non-hydrogen) atoms. The van der Waals surface area contributed by atoms with Gasteiger partial charge in [0.1, 0.15) is 11.9 Å². The molecule has 2 rings (SSSR count). The third kappa shape index (κ3) is 2.68. The van der Waals surface area contributed by atoms with Crippen LogP contribution in [0.3, 0.4) is 0 Å². The van der Waals surface area contributed by atoms with E-state index < -0.39 is 5.60 Å². The van der Waals surface area contributed by atoms with Gasteiger partial charge in [-0.2, -0.15) is 0 Å². The largest absolute Gasteiger partial charge is 0.444 e. The van der Waals surface area contributed by atoms with Crippen LogP contribution in [0, 0.1) is 5.92 Å². The highest BCUT2D eigenvalue weighted by atomic mass is 16.6. The second-order valence-corrected chi connectivity index (χ2v) is 6.44. The summed E-state index contributed by atoms with van der Waals surface area (Å²) in [5.74, 6) is 0.487. The van der Waals surface area contributed by atoms with Crippen molar-refractivity contribution < 1.29 is 14.3 Å². The maximum atomic E-state index is 12.2. The van der Waals surface area contributed by atoms with E-state index in [1.165, 1.54) is 6.42 Å². The summed E-state index contributed by atoms with van der Waals surface area (Å²) in [5, 5.41) is 0. The number of likely N-dealkylation sites (tertiary alicyclic amines) is 1. The lowest BCUT2D eigenvalue weighted by Crippen LogP contribution is -2.46. The summed E-state index contributed by atoms with van der Waals surface area (Å²) in [5.41, 5.74) is -0.503. The van der Waals surface area contributed by atoms with E-state index >= 15 is 0 Å². The maximum Gasteiger partial charge on any atom is 0.411 e. The fraction of sp³-hybridized carbons (Fsp3) is 0.857. The second-order valence-electron chi connectivity index (χ2n) is 6.44. The Morgan fingerprint density at radius 3 is 2.56 bits per heavy atom. The first-order valence-electron chi connectivity index (χ1n) is 6.89. The molecule has 0 aromatic carbocycles. The van der Waals surface area contributed by atoms with Gasteiger partial charge >= 0.3 is 6.09 Å². The number of carbonyl (C=O) groups is 2. The molecule has 0 bridgehead atoms. The molecule has 3 unspecified atom stereocenters. The van der Waals surface area contributed by atoms with Crippen LogP contribution in [-0.4, -0.2) is 35.0 Å². The molecule has 102 valence electrons. The van der Waals surface area contributed by atoms with E-state index in [0.29, 0.717) is 5.92 Å². The number of carbonyl (C=O) groups excluding carboxylic acids is 2. The summed E-state index contributed by atoms with van der Waals surface area (Å²) in [6.45, 7) is 5.57. The Bertz CT molecular complexity index is 334. The van der Waals surface area contributed by atoms with Gasteiger partial charge in [0.25, 0.3) is 0 Å². The Hall–Kier alpha value is -1.06. The van der Waals surface area contributed by atoms with E-state index in [1.54, 1.807) is 4.90 Å². The lowest BCUT2D eigenvalue weighted by Gasteiger charge is -2.34. The van der Waals surface area contributed by atoms with Crippen molar-refractivity contribution in [1.82, 2.24) is 4.90 Å². The fourth-order valence-corrected chi connectivity index (χ4v) is 3.21. The second kappa shape index (κ2) is 4.90. The minimum atomic E-state index is -0.503. The average molecular weight is 253 g/mol. The SMILES string of the molecule is CC(C)(C)OC(=O)N1C(C=O)CC2CCCCC21. The van der Waals surface area contributed by atoms with Crippen molar-refractivity contribution in [1.29, 1.82) is 0 Å². The summed E-state index contributed by atoms with van der Waals surface area (Å²) >= 11 is 0. The zero-order valence-electron chi connectivity index (χ0n) is 11.5. The average Bonchev–Trinajstić information content (AvgIpc) is 2.64. The minimum Gasteiger partial charge on any atom is -0.444 e. The maximum absolute atomic E-state index is 12.2. The Morgan fingerprint density at radius 1 is 1.28 bits per heavy atom. The Balaban J connectivity index is 2.12. The first-order valence-corrected chi connectivity index (χ1v) is 6.89. The molecule has 1 heterocycles. The van der Waals surface area contributed by atoms with Crippen LogP contribution < -0.4 is 0 Å². The number of hydrogen-bond donors (Lipinski definition) is 0. The van der Waals surface area contributed by atoms with E-state index in [9.17, 15) is 9.59 Å². The number of rotatable bonds is 1. The summed E-state index contributed by atoms with van der Waals surface area (Å²) in [6, 6.07) is -0.0725. The Morgan fingerprint density at radius 2 is 1.94 bits per heavy atom. The van der Waals surface area contributed by atoms with Crippen LogP contribution in [0.1, 0.15) is 52.9 Å². The van der Waals surface area contributed by atoms with Crippen molar-refractivity contribution in [3.8, 4) is 0 Å². The van der Waals surface area contributed by atoms with Crippen LogP contribution >= 0.6 is 0 Å². The van der Waals surface area contributed by atoms with Crippen molar-refractivity contribution in [3.05, 3.63) is 0 Å². The molecule has 2 aliphatic rings. The van der Waals surface area contributed by atoms with Crippen LogP contribution in [0.25, 0.3) is 0 Å². The first kappa shape index (κ1) is 13.4. The monoisotopic (exact) mass is 253 g/mol. The molecule has 0 N–H and O–H groups in total. The molecule has 1 saturated carbocycles. The van der Waals surface area contributed by atoms with Gasteiger partial charge in [0.2, 0.25) is 0 Å². The van der Waals surface area contributed by atoms with E-state index in [0.717, 1.165) is 32.0 Å². The summed E-state index contributed by atoms with van der Waals surface area (Å²) < 4.78 is 5.43. The molecular formula is C14H23NO3. The molecule has 0 spiro atoms. The van der Waals surface area contributed by atoms with Crippen molar-refractivity contribution >= 4 is 12.4 Å². The molecule has 2 fully saturated rings. The van der Waals surface area contributed by atoms with Crippen molar-refractivity contribution in [2.24, 2.45) is 5.92 Å². The van der Waals surface area contributed by atoms with Crippen molar-refractivity contribution in [2.45, 2.75) is 70.6 Å². The quantitative estimate of drug-likeness (QED) is 0.675. The number of nitrogens with zero attached hydrogens (tertiary/aromatic N) is 1. The molecule has 0 aromatic heterocycles. The van der Waals surface area contributed by atoms with Gasteiger partial charge in [0.15, 0.2) is 0 Å². The van der Waals surface area contributed by atoms with Crippen LogP contribution in [0.5, 0.6) is 0 Å². The van der Waals surface area contributed by atoms with Crippen LogP contribution in [0.4, 0.5) is 4.79 Å². The Kier molecular flexibility index (Phi) is 3.64. The summed E-state index contributed by atoms with van der Waals surface area (Å²) in [7, 11) is 0. The molecular weight excluding hydrogens is 230 g/mol. The van der Waals surface area contributed by atoms with E-state index in [1.807, 2.05) is 20.8 Å². The smallest absolute Gasteiger partial charge is 0.411 e. The van der Waals surface area contributed by atoms with E-state index in [2.05, 4.69) is 0 Å². The lowest BCUT2D eigenvalue weighted by atomic mass is 9.85. The number of amides is 1. The van der Waals surface area contributed by atoms with Gasteiger partial charge in [-0.1, -0.05) is 12.8 Å². The van der Waals surface area contributed by atoms with Crippen molar-refractivity contribution in [2.75, 3.05) is 0 Å². The number of fused-ring (bicyclic) bond motifs is 1. The highest BCUT2D eigenvalue weighted by Crippen LogP contribution is 2.39. The first-order chi connectivity index (χ1) is 8.42. The third-order valence-corrected chi connectivity index (χ3v) is 3.89. The van der Waals surface area contributed by atoms with Crippen LogP contribution in [0.2, 0.25) is 0 Å². The van der Waals surface area contributed by atoms with Gasteiger partial charge in [0.05, 0.1) is 6.04 Å². The van der Waals surface area contributed by atoms with Crippen LogP contribution in [-0.2, 0) is 9.53 Å². The molecule has 3 atom stereocenters. The molecule has 1 aliphatic heterocycles. The zero-order valence-corrected chi connectivity index (χ0v) is 11.5. The van der Waals surface area contributed by atoms with E-state index in [-0.39, 0.29) is 18.2 Å². The van der Waals surface area contributed by atoms with Crippen molar-refractivity contribution in [3.63, 3.8) is 0 Å². The van der Waals surface area contributed by atoms with Gasteiger partial charge in [-0.3, -0.25) is 4.90 Å². The molecule has 4 nitrogen and oxygen atoms in total. The molecule has 1 amide bonds. The van der Waals surface area contributed by atoms with E-state index in [4.69, 9.17) is 4.74 Å². The molecule has 1 saturated heterocycles. The number of ether oxygens (including phenoxy) is 1. The van der Waals surface area contributed by atoms with Crippen LogP contribution in [0.15, 0.2) is 0 Å². The van der Waals surface area contributed by atoms with Gasteiger partial charge in [-0.15, -0.1) is 0 Å². The number of aldehydes is 1. The highest BCUT2D eigenvalue weighted by Gasteiger charge is 2.45. The molecule has 0 radical (unpaired) electrons. The third-order valence-electron chi connectivity index (χ3n) is 3.89. The zero-order chi connectivity index (χ0) is 13.3. The van der Waals surface area contributed by atoms with Gasteiger partial charge in [-0.05, 0) is 46.0 Å². The fourth-order valence-electron chi connectivity index (χ4n) is 3.21. The van der Waals surface area contributed by atoms with Gasteiger partial charge < -0.3 is 9.53 Å². The lowest BCUT2D eigenvalue weighted by molar-refractivity contribution is -0.112. The highest BCUT2D eigenvalue weighted by molar-refractivity contribution is 5.75. The molecule has 0 aromatic rings. The molecule has 4 heteroatoms. The summed E-state index contributed by atoms with van der Waals surface area (Å²) in [6.07, 6.45) is 5.90. The predicted molar refractivity (Wildman–Crippen MR) is 68.3 cm³/mol. The Labute approximate surface area is 109 Å². The molecule has 1 aliphatic carbocycles. The van der Waals surface area contributed by atoms with Gasteiger partial charge in [0, 0.05) is 6.04 Å². The number of hydrogen-bond acceptors (Lipinski definition) is 3. The minimum absolute atomic E-state index is 0.212. The summed E-state index contributed by atoms with van der Waals surface area (Å²) in [4.78, 5) is 25.1.